The number of thioether (sulfide) groups is 1. The largest absolute Gasteiger partial charge is 0.495 e. The first kappa shape index (κ1) is 18.2. The van der Waals surface area contributed by atoms with Gasteiger partial charge in [0.15, 0.2) is 4.32 Å². The molecule has 1 aliphatic heterocycles. The maximum absolute atomic E-state index is 12.7. The highest BCUT2D eigenvalue weighted by Gasteiger charge is 2.33. The van der Waals surface area contributed by atoms with Gasteiger partial charge in [0.25, 0.3) is 5.91 Å². The van der Waals surface area contributed by atoms with E-state index >= 15 is 0 Å². The van der Waals surface area contributed by atoms with E-state index in [9.17, 15) is 4.79 Å². The van der Waals surface area contributed by atoms with Gasteiger partial charge in [0.1, 0.15) is 5.75 Å². The normalized spacial score (nSPS) is 16.1. The van der Waals surface area contributed by atoms with Crippen molar-refractivity contribution in [2.75, 3.05) is 12.0 Å². The van der Waals surface area contributed by atoms with E-state index in [0.29, 0.717) is 9.23 Å². The van der Waals surface area contributed by atoms with Crippen molar-refractivity contribution in [3.8, 4) is 5.75 Å². The van der Waals surface area contributed by atoms with Crippen LogP contribution in [0.1, 0.15) is 5.56 Å². The first-order chi connectivity index (χ1) is 11.5. The maximum Gasteiger partial charge on any atom is 0.270 e. The Hall–Kier alpha value is -0.650. The van der Waals surface area contributed by atoms with E-state index in [1.54, 1.807) is 12.0 Å². The van der Waals surface area contributed by atoms with Gasteiger partial charge in [0.05, 0.1) is 24.8 Å². The molecular weight excluding hydrogens is 568 g/mol. The third-order valence-electron chi connectivity index (χ3n) is 3.33. The topological polar surface area (TPSA) is 29.5 Å². The molecule has 0 aliphatic carbocycles. The van der Waals surface area contributed by atoms with Crippen molar-refractivity contribution < 1.29 is 9.53 Å². The summed E-state index contributed by atoms with van der Waals surface area (Å²) in [6, 6.07) is 13.5. The predicted octanol–water partition coefficient (Wildman–Crippen LogP) is 5.31. The molecule has 0 N–H and O–H groups in total. The summed E-state index contributed by atoms with van der Waals surface area (Å²) >= 11 is 11.2. The Morgan fingerprint density at radius 3 is 2.38 bits per heavy atom. The molecule has 2 aromatic rings. The van der Waals surface area contributed by atoms with E-state index in [-0.39, 0.29) is 5.91 Å². The molecule has 0 atom stereocenters. The third-order valence-corrected chi connectivity index (χ3v) is 6.24. The highest BCUT2D eigenvalue weighted by molar-refractivity contribution is 14.1. The van der Waals surface area contributed by atoms with Crippen molar-refractivity contribution in [2.45, 2.75) is 0 Å². The van der Waals surface area contributed by atoms with Crippen molar-refractivity contribution in [2.24, 2.45) is 0 Å². The lowest BCUT2D eigenvalue weighted by molar-refractivity contribution is -0.113. The number of hydrogen-bond acceptors (Lipinski definition) is 4. The fraction of sp³-hybridized carbons (Fsp3) is 0.0588. The van der Waals surface area contributed by atoms with Crippen molar-refractivity contribution in [1.29, 1.82) is 0 Å². The molecule has 0 spiro atoms. The molecule has 1 heterocycles. The smallest absolute Gasteiger partial charge is 0.270 e. The Labute approximate surface area is 177 Å². The second kappa shape index (κ2) is 7.71. The summed E-state index contributed by atoms with van der Waals surface area (Å²) in [5.41, 5.74) is 1.75. The summed E-state index contributed by atoms with van der Waals surface area (Å²) in [6.07, 6.45) is 1.88. The average molecular weight is 579 g/mol. The second-order valence-corrected chi connectivity index (χ2v) is 8.87. The van der Waals surface area contributed by atoms with Crippen molar-refractivity contribution in [1.82, 2.24) is 0 Å². The van der Waals surface area contributed by atoms with Gasteiger partial charge in [-0.3, -0.25) is 9.69 Å². The van der Waals surface area contributed by atoms with Crippen LogP contribution in [-0.4, -0.2) is 17.3 Å². The number of anilines is 1. The second-order valence-electron chi connectivity index (χ2n) is 4.87. The quantitative estimate of drug-likeness (QED) is 0.280. The Kier molecular flexibility index (Phi) is 5.83. The molecule has 2 aromatic carbocycles. The van der Waals surface area contributed by atoms with Crippen molar-refractivity contribution in [3.05, 3.63) is 60.1 Å². The predicted molar refractivity (Wildman–Crippen MR) is 121 cm³/mol. The average Bonchev–Trinajstić information content (AvgIpc) is 2.82. The molecule has 0 unspecified atom stereocenters. The molecule has 3 nitrogen and oxygen atoms in total. The highest BCUT2D eigenvalue weighted by Crippen LogP contribution is 2.37. The summed E-state index contributed by atoms with van der Waals surface area (Å²) in [5.74, 6) is 0.766. The summed E-state index contributed by atoms with van der Waals surface area (Å²) in [5, 5.41) is 0. The summed E-state index contributed by atoms with van der Waals surface area (Å²) in [4.78, 5) is 14.9. The number of carbonyl (C=O) groups excluding carboxylic acids is 1. The first-order valence-electron chi connectivity index (χ1n) is 6.87. The Balaban J connectivity index is 1.95. The van der Waals surface area contributed by atoms with Gasteiger partial charge in [-0.2, -0.15) is 0 Å². The van der Waals surface area contributed by atoms with Crippen LogP contribution in [0.5, 0.6) is 5.75 Å². The fourth-order valence-electron chi connectivity index (χ4n) is 2.28. The third kappa shape index (κ3) is 3.63. The molecular formula is C17H11I2NO2S2. The molecule has 24 heavy (non-hydrogen) atoms. The standard InChI is InChI=1S/C17H11I2NO2S2/c1-22-15-12(18)7-10(8-13(15)19)9-14-16(21)20(17(23)24-14)11-5-3-2-4-6-11/h2-9H,1H3/b14-9+. The van der Waals surface area contributed by atoms with Crippen LogP contribution < -0.4 is 9.64 Å². The number of methoxy groups -OCH3 is 1. The number of carbonyl (C=O) groups is 1. The SMILES string of the molecule is COc1c(I)cc(/C=C2/SC(=S)N(c3ccccc3)C2=O)cc1I. The van der Waals surface area contributed by atoms with E-state index in [4.69, 9.17) is 17.0 Å². The van der Waals surface area contributed by atoms with Gasteiger partial charge in [-0.1, -0.05) is 42.2 Å². The maximum atomic E-state index is 12.7. The Morgan fingerprint density at radius 2 is 1.79 bits per heavy atom. The van der Waals surface area contributed by atoms with Gasteiger partial charge < -0.3 is 4.74 Å². The number of benzene rings is 2. The van der Waals surface area contributed by atoms with E-state index in [1.165, 1.54) is 11.8 Å². The van der Waals surface area contributed by atoms with Crippen LogP contribution in [0, 0.1) is 7.14 Å². The first-order valence-corrected chi connectivity index (χ1v) is 10.3. The minimum atomic E-state index is -0.0861. The number of hydrogen-bond donors (Lipinski definition) is 0. The van der Waals surface area contributed by atoms with Gasteiger partial charge in [-0.15, -0.1) is 0 Å². The monoisotopic (exact) mass is 579 g/mol. The number of nitrogens with zero attached hydrogens (tertiary/aromatic N) is 1. The van der Waals surface area contributed by atoms with Crippen LogP contribution in [0.4, 0.5) is 5.69 Å². The molecule has 0 bridgehead atoms. The summed E-state index contributed by atoms with van der Waals surface area (Å²) < 4.78 is 7.94. The van der Waals surface area contributed by atoms with Crippen LogP contribution in [0.2, 0.25) is 0 Å². The zero-order valence-electron chi connectivity index (χ0n) is 12.5. The molecule has 7 heteroatoms. The molecule has 1 fully saturated rings. The summed E-state index contributed by atoms with van der Waals surface area (Å²) in [7, 11) is 1.66. The minimum absolute atomic E-state index is 0.0861. The van der Waals surface area contributed by atoms with Gasteiger partial charge in [0.2, 0.25) is 0 Å². The summed E-state index contributed by atoms with van der Waals surface area (Å²) in [6.45, 7) is 0. The minimum Gasteiger partial charge on any atom is -0.495 e. The van der Waals surface area contributed by atoms with Crippen LogP contribution in [0.15, 0.2) is 47.4 Å². The van der Waals surface area contributed by atoms with Crippen LogP contribution in [-0.2, 0) is 4.79 Å². The molecule has 122 valence electrons. The molecule has 1 amide bonds. The van der Waals surface area contributed by atoms with E-state index < -0.39 is 0 Å². The van der Waals surface area contributed by atoms with Crippen molar-refractivity contribution >= 4 is 91.2 Å². The van der Waals surface area contributed by atoms with E-state index in [2.05, 4.69) is 45.2 Å². The molecule has 0 aromatic heterocycles. The van der Waals surface area contributed by atoms with Gasteiger partial charge in [-0.25, -0.2) is 0 Å². The van der Waals surface area contributed by atoms with Gasteiger partial charge in [-0.05, 0) is 81.1 Å². The lowest BCUT2D eigenvalue weighted by Gasteiger charge is -2.13. The number of rotatable bonds is 3. The van der Waals surface area contributed by atoms with Crippen LogP contribution >= 0.6 is 69.2 Å². The molecule has 0 saturated carbocycles. The van der Waals surface area contributed by atoms with Crippen LogP contribution in [0.25, 0.3) is 6.08 Å². The number of halogens is 2. The zero-order chi connectivity index (χ0) is 17.3. The lowest BCUT2D eigenvalue weighted by atomic mass is 10.2. The van der Waals surface area contributed by atoms with E-state index in [0.717, 1.165) is 24.1 Å². The fourth-order valence-corrected chi connectivity index (χ4v) is 5.83. The molecule has 0 radical (unpaired) electrons. The lowest BCUT2D eigenvalue weighted by Crippen LogP contribution is -2.27. The highest BCUT2D eigenvalue weighted by atomic mass is 127. The number of ether oxygens (including phenoxy) is 1. The number of thiocarbonyl (C=S) groups is 1. The van der Waals surface area contributed by atoms with Crippen molar-refractivity contribution in [3.63, 3.8) is 0 Å². The molecule has 1 aliphatic rings. The molecule has 1 saturated heterocycles. The zero-order valence-corrected chi connectivity index (χ0v) is 18.4. The van der Waals surface area contributed by atoms with Gasteiger partial charge >= 0.3 is 0 Å². The number of para-hydroxylation sites is 1. The Bertz CT molecular complexity index is 830. The molecule has 3 rings (SSSR count). The van der Waals surface area contributed by atoms with Gasteiger partial charge in [0, 0.05) is 0 Å². The number of amides is 1. The Morgan fingerprint density at radius 1 is 1.17 bits per heavy atom. The van der Waals surface area contributed by atoms with E-state index in [1.807, 2.05) is 48.5 Å². The van der Waals surface area contributed by atoms with Crippen LogP contribution in [0.3, 0.4) is 0 Å².